The fraction of sp³-hybridized carbons (Fsp3) is 0.577. The van der Waals surface area contributed by atoms with Crippen LogP contribution in [-0.2, 0) is 16.1 Å². The predicted octanol–water partition coefficient (Wildman–Crippen LogP) is 2.23. The summed E-state index contributed by atoms with van der Waals surface area (Å²) in [6.45, 7) is 7.39. The molecule has 1 unspecified atom stereocenters. The molecule has 5 N–H and O–H groups in total. The van der Waals surface area contributed by atoms with Crippen molar-refractivity contribution < 1.29 is 29.3 Å². The zero-order valence-corrected chi connectivity index (χ0v) is 22.3. The number of thiazole rings is 1. The minimum atomic E-state index is -1.90. The van der Waals surface area contributed by atoms with Gasteiger partial charge in [-0.05, 0) is 43.2 Å². The fourth-order valence-electron chi connectivity index (χ4n) is 4.66. The third kappa shape index (κ3) is 5.95. The number of rotatable bonds is 8. The summed E-state index contributed by atoms with van der Waals surface area (Å²) in [5.74, 6) is -1.16. The van der Waals surface area contributed by atoms with E-state index in [2.05, 4.69) is 15.6 Å². The van der Waals surface area contributed by atoms with Crippen LogP contribution in [0.1, 0.15) is 51.3 Å². The number of β-amino-alcohol motifs (C(OH)–C–C–N with tert-alkyl or cyclic N) is 1. The van der Waals surface area contributed by atoms with E-state index in [1.807, 2.05) is 13.0 Å². The Labute approximate surface area is 219 Å². The summed E-state index contributed by atoms with van der Waals surface area (Å²) in [5.41, 5.74) is 1.40. The van der Waals surface area contributed by atoms with Crippen molar-refractivity contribution in [2.75, 3.05) is 6.54 Å². The lowest BCUT2D eigenvalue weighted by Gasteiger charge is -2.40. The van der Waals surface area contributed by atoms with Gasteiger partial charge in [-0.1, -0.05) is 32.9 Å². The Morgan fingerprint density at radius 1 is 1.32 bits per heavy atom. The number of aryl methyl sites for hydroxylation is 1. The Hall–Kier alpha value is -2.60. The van der Waals surface area contributed by atoms with Gasteiger partial charge in [0.05, 0.1) is 34.3 Å². The van der Waals surface area contributed by atoms with Crippen LogP contribution in [0.3, 0.4) is 0 Å². The second-order valence-electron chi connectivity index (χ2n) is 11.1. The van der Waals surface area contributed by atoms with Crippen molar-refractivity contribution >= 4 is 23.2 Å². The zero-order valence-electron chi connectivity index (χ0n) is 21.5. The molecule has 1 aliphatic heterocycles. The Kier molecular flexibility index (Phi) is 7.62. The molecule has 1 aromatic carbocycles. The second kappa shape index (κ2) is 10.3. The highest BCUT2D eigenvalue weighted by atomic mass is 32.1. The quantitative estimate of drug-likeness (QED) is 0.351. The van der Waals surface area contributed by atoms with E-state index in [9.17, 15) is 29.3 Å². The molecule has 1 aromatic heterocycles. The van der Waals surface area contributed by atoms with Crippen molar-refractivity contribution in [3.8, 4) is 16.2 Å². The van der Waals surface area contributed by atoms with Crippen LogP contribution < -0.4 is 10.6 Å². The number of halogens is 1. The molecule has 4 atom stereocenters. The van der Waals surface area contributed by atoms with E-state index in [0.29, 0.717) is 5.56 Å². The molecule has 4 rings (SSSR count). The van der Waals surface area contributed by atoms with Crippen LogP contribution in [0, 0.1) is 12.3 Å². The number of alkyl halides is 1. The predicted molar refractivity (Wildman–Crippen MR) is 137 cm³/mol. The smallest absolute Gasteiger partial charge is 0.258 e. The minimum Gasteiger partial charge on any atom is -0.508 e. The molecule has 11 heteroatoms. The number of carbonyl (C=O) groups is 2. The molecule has 1 saturated heterocycles. The van der Waals surface area contributed by atoms with E-state index in [0.717, 1.165) is 16.1 Å². The molecule has 37 heavy (non-hydrogen) atoms. The number of benzene rings is 1. The van der Waals surface area contributed by atoms with E-state index in [1.54, 1.807) is 38.4 Å². The van der Waals surface area contributed by atoms with Gasteiger partial charge in [0.2, 0.25) is 5.91 Å². The number of phenolic OH excluding ortho intramolecular Hbond substituents is 1. The van der Waals surface area contributed by atoms with Crippen LogP contribution in [0.15, 0.2) is 23.7 Å². The van der Waals surface area contributed by atoms with E-state index < -0.39 is 47.3 Å². The van der Waals surface area contributed by atoms with Gasteiger partial charge in [-0.2, -0.15) is 0 Å². The van der Waals surface area contributed by atoms with E-state index >= 15 is 0 Å². The monoisotopic (exact) mass is 534 g/mol. The van der Waals surface area contributed by atoms with Crippen LogP contribution >= 0.6 is 11.3 Å². The average Bonchev–Trinajstić information content (AvgIpc) is 3.23. The highest BCUT2D eigenvalue weighted by Crippen LogP contribution is 2.41. The SMILES string of the molecule is Cc1ncsc1-c1ccc(CNC(=O)[C@@H]2C[C@@H](O)CN2C(O)[C@@H](NC(=O)C2(F)CC2)C(C)(C)C)c(O)c1. The summed E-state index contributed by atoms with van der Waals surface area (Å²) >= 11 is 1.48. The summed E-state index contributed by atoms with van der Waals surface area (Å²) in [4.78, 5) is 32.2. The maximum absolute atomic E-state index is 14.3. The number of likely N-dealkylation sites (tertiary alicyclic amines) is 1. The highest BCUT2D eigenvalue weighted by Gasteiger charge is 2.53. The van der Waals surface area contributed by atoms with Gasteiger partial charge < -0.3 is 26.0 Å². The first-order valence-corrected chi connectivity index (χ1v) is 13.3. The molecule has 2 aliphatic rings. The average molecular weight is 535 g/mol. The lowest BCUT2D eigenvalue weighted by atomic mass is 9.84. The summed E-state index contributed by atoms with van der Waals surface area (Å²) < 4.78 is 14.3. The van der Waals surface area contributed by atoms with Crippen LogP contribution in [-0.4, -0.2) is 73.6 Å². The number of aromatic hydroxyl groups is 1. The van der Waals surface area contributed by atoms with Crippen LogP contribution in [0.5, 0.6) is 5.75 Å². The molecular formula is C26H35FN4O5S. The largest absolute Gasteiger partial charge is 0.508 e. The molecule has 2 heterocycles. The number of carbonyl (C=O) groups excluding carboxylic acids is 2. The number of nitrogens with one attached hydrogen (secondary N) is 2. The molecular weight excluding hydrogens is 499 g/mol. The standard InChI is InChI=1S/C26H35FN4O5S/c1-14-20(37-13-29-14)15-5-6-16(19(33)9-15)11-28-22(34)18-10-17(32)12-31(18)23(35)21(25(2,3)4)30-24(36)26(27)7-8-26/h5-6,9,13,17-18,21,23,32-33,35H,7-8,10-12H2,1-4H3,(H,28,34)(H,30,36)/t17-,18+,21-,23?/m1/s1. The number of aliphatic hydroxyl groups is 2. The molecule has 2 fully saturated rings. The van der Waals surface area contributed by atoms with E-state index in [-0.39, 0.29) is 38.1 Å². The number of aliphatic hydroxyl groups excluding tert-OH is 2. The molecule has 9 nitrogen and oxygen atoms in total. The van der Waals surface area contributed by atoms with Gasteiger partial charge in [-0.25, -0.2) is 9.37 Å². The van der Waals surface area contributed by atoms with Crippen molar-refractivity contribution in [3.63, 3.8) is 0 Å². The van der Waals surface area contributed by atoms with Gasteiger partial charge in [-0.3, -0.25) is 14.5 Å². The van der Waals surface area contributed by atoms with Gasteiger partial charge in [0, 0.05) is 18.7 Å². The van der Waals surface area contributed by atoms with E-state index in [4.69, 9.17) is 0 Å². The Morgan fingerprint density at radius 3 is 2.59 bits per heavy atom. The third-order valence-corrected chi connectivity index (χ3v) is 8.10. The number of hydrogen-bond donors (Lipinski definition) is 5. The fourth-order valence-corrected chi connectivity index (χ4v) is 5.46. The lowest BCUT2D eigenvalue weighted by molar-refractivity contribution is -0.137. The number of hydrogen-bond acceptors (Lipinski definition) is 8. The molecule has 0 radical (unpaired) electrons. The molecule has 202 valence electrons. The van der Waals surface area contributed by atoms with Crippen molar-refractivity contribution in [2.24, 2.45) is 5.41 Å². The Bertz CT molecular complexity index is 1160. The Morgan fingerprint density at radius 2 is 2.03 bits per heavy atom. The van der Waals surface area contributed by atoms with Crippen LogP contribution in [0.2, 0.25) is 0 Å². The molecule has 0 bridgehead atoms. The van der Waals surface area contributed by atoms with Crippen LogP contribution in [0.4, 0.5) is 4.39 Å². The number of aromatic nitrogens is 1. The summed E-state index contributed by atoms with van der Waals surface area (Å²) in [5, 5.41) is 37.5. The summed E-state index contributed by atoms with van der Waals surface area (Å²) in [7, 11) is 0. The maximum Gasteiger partial charge on any atom is 0.258 e. The van der Waals surface area contributed by atoms with Crippen molar-refractivity contribution in [3.05, 3.63) is 35.0 Å². The zero-order chi connectivity index (χ0) is 27.1. The Balaban J connectivity index is 1.44. The topological polar surface area (TPSA) is 135 Å². The van der Waals surface area contributed by atoms with Gasteiger partial charge in [0.25, 0.3) is 5.91 Å². The molecule has 2 aromatic rings. The third-order valence-electron chi connectivity index (χ3n) is 7.12. The first-order chi connectivity index (χ1) is 17.3. The second-order valence-corrected chi connectivity index (χ2v) is 12.0. The number of phenols is 1. The number of nitrogens with zero attached hydrogens (tertiary/aromatic N) is 2. The van der Waals surface area contributed by atoms with Gasteiger partial charge >= 0.3 is 0 Å². The highest BCUT2D eigenvalue weighted by molar-refractivity contribution is 7.13. The molecule has 0 spiro atoms. The normalized spacial score (nSPS) is 22.9. The minimum absolute atomic E-state index is 0.0244. The summed E-state index contributed by atoms with van der Waals surface area (Å²) in [6, 6.07) is 3.47. The van der Waals surface area contributed by atoms with Crippen molar-refractivity contribution in [1.29, 1.82) is 0 Å². The number of amides is 2. The van der Waals surface area contributed by atoms with E-state index in [1.165, 1.54) is 16.2 Å². The molecule has 1 aliphatic carbocycles. The van der Waals surface area contributed by atoms with Crippen molar-refractivity contribution in [2.45, 2.75) is 83.6 Å². The maximum atomic E-state index is 14.3. The van der Waals surface area contributed by atoms with Crippen LogP contribution in [0.25, 0.3) is 10.4 Å². The first kappa shape index (κ1) is 27.4. The molecule has 1 saturated carbocycles. The molecule has 2 amide bonds. The van der Waals surface area contributed by atoms with Gasteiger partial charge in [0.15, 0.2) is 5.67 Å². The van der Waals surface area contributed by atoms with Gasteiger partial charge in [0.1, 0.15) is 12.0 Å². The summed E-state index contributed by atoms with van der Waals surface area (Å²) in [6.07, 6.45) is -1.79. The van der Waals surface area contributed by atoms with Gasteiger partial charge in [-0.15, -0.1) is 11.3 Å². The lowest BCUT2D eigenvalue weighted by Crippen LogP contribution is -2.61. The van der Waals surface area contributed by atoms with Crippen molar-refractivity contribution in [1.82, 2.24) is 20.5 Å². The first-order valence-electron chi connectivity index (χ1n) is 12.4.